The topological polar surface area (TPSA) is 69.7 Å². The van der Waals surface area contributed by atoms with Gasteiger partial charge >= 0.3 is 0 Å². The summed E-state index contributed by atoms with van der Waals surface area (Å²) in [5.41, 5.74) is 1.48. The smallest absolute Gasteiger partial charge is 0.248 e. The molecule has 1 aliphatic heterocycles. The zero-order chi connectivity index (χ0) is 19.3. The van der Waals surface area contributed by atoms with Crippen LogP contribution in [0.4, 0.5) is 5.69 Å². The Bertz CT molecular complexity index is 901. The van der Waals surface area contributed by atoms with Crippen LogP contribution in [0.15, 0.2) is 65.6 Å². The second-order valence-corrected chi connectivity index (χ2v) is 8.40. The highest BCUT2D eigenvalue weighted by molar-refractivity contribution is 7.89. The first-order chi connectivity index (χ1) is 12.9. The summed E-state index contributed by atoms with van der Waals surface area (Å²) in [7, 11) is -1.52. The minimum absolute atomic E-state index is 0.241. The van der Waals surface area contributed by atoms with Crippen molar-refractivity contribution >= 4 is 27.7 Å². The van der Waals surface area contributed by atoms with Gasteiger partial charge in [0, 0.05) is 37.9 Å². The van der Waals surface area contributed by atoms with Crippen LogP contribution in [0.5, 0.6) is 0 Å². The number of carbonyl (C=O) groups is 1. The Kier molecular flexibility index (Phi) is 6.05. The number of likely N-dealkylation sites (N-methyl/N-ethyl adjacent to an activating group) is 1. The zero-order valence-electron chi connectivity index (χ0n) is 15.2. The number of carbonyl (C=O) groups excluding carboxylic acids is 1. The number of hydrogen-bond acceptors (Lipinski definition) is 4. The molecule has 0 aliphatic carbocycles. The molecule has 0 unspecified atom stereocenters. The van der Waals surface area contributed by atoms with Crippen molar-refractivity contribution in [3.63, 3.8) is 0 Å². The van der Waals surface area contributed by atoms with Gasteiger partial charge in [0.2, 0.25) is 15.9 Å². The molecule has 3 rings (SSSR count). The molecular weight excluding hydrogens is 362 g/mol. The van der Waals surface area contributed by atoms with Crippen molar-refractivity contribution in [2.24, 2.45) is 0 Å². The van der Waals surface area contributed by atoms with Crippen molar-refractivity contribution in [3.8, 4) is 0 Å². The average molecular weight is 385 g/mol. The Morgan fingerprint density at radius 1 is 0.963 bits per heavy atom. The number of nitrogens with zero attached hydrogens (tertiary/aromatic N) is 2. The van der Waals surface area contributed by atoms with E-state index in [0.717, 1.165) is 18.7 Å². The summed E-state index contributed by atoms with van der Waals surface area (Å²) in [5.74, 6) is -0.270. The molecule has 2 aromatic rings. The van der Waals surface area contributed by atoms with Crippen molar-refractivity contribution < 1.29 is 13.2 Å². The van der Waals surface area contributed by atoms with E-state index in [9.17, 15) is 13.2 Å². The lowest BCUT2D eigenvalue weighted by atomic mass is 10.2. The molecule has 1 amide bonds. The van der Waals surface area contributed by atoms with E-state index in [2.05, 4.69) is 10.2 Å². The monoisotopic (exact) mass is 385 g/mol. The van der Waals surface area contributed by atoms with Crippen LogP contribution in [0.1, 0.15) is 5.56 Å². The van der Waals surface area contributed by atoms with Crippen molar-refractivity contribution in [1.29, 1.82) is 0 Å². The number of anilines is 1. The molecule has 1 fully saturated rings. The fourth-order valence-electron chi connectivity index (χ4n) is 2.81. The Labute approximate surface area is 160 Å². The lowest BCUT2D eigenvalue weighted by Crippen LogP contribution is -2.46. The Morgan fingerprint density at radius 2 is 1.59 bits per heavy atom. The minimum atomic E-state index is -3.50. The van der Waals surface area contributed by atoms with E-state index in [4.69, 9.17) is 0 Å². The van der Waals surface area contributed by atoms with E-state index in [-0.39, 0.29) is 10.8 Å². The Morgan fingerprint density at radius 3 is 2.22 bits per heavy atom. The summed E-state index contributed by atoms with van der Waals surface area (Å²) in [6, 6.07) is 15.8. The normalized spacial score (nSPS) is 16.5. The number of amides is 1. The molecule has 0 spiro atoms. The van der Waals surface area contributed by atoms with Crippen molar-refractivity contribution in [3.05, 3.63) is 66.2 Å². The van der Waals surface area contributed by atoms with Crippen LogP contribution in [0.25, 0.3) is 6.08 Å². The Hall–Kier alpha value is -2.48. The predicted octanol–water partition coefficient (Wildman–Crippen LogP) is 2.27. The average Bonchev–Trinajstić information content (AvgIpc) is 2.68. The van der Waals surface area contributed by atoms with Crippen molar-refractivity contribution in [1.82, 2.24) is 9.21 Å². The fraction of sp³-hybridized carbons (Fsp3) is 0.250. The standard InChI is InChI=1S/C20H23N3O3S/c1-22-13-15-23(16-14-22)27(25,26)19-10-8-18(9-11-19)21-20(24)12-7-17-5-3-2-4-6-17/h2-12H,13-16H2,1H3,(H,21,24)/b12-7+. The van der Waals surface area contributed by atoms with Crippen LogP contribution in [-0.2, 0) is 14.8 Å². The highest BCUT2D eigenvalue weighted by Crippen LogP contribution is 2.19. The molecule has 7 heteroatoms. The summed E-state index contributed by atoms with van der Waals surface area (Å²) in [4.78, 5) is 14.4. The highest BCUT2D eigenvalue weighted by Gasteiger charge is 2.27. The number of piperazine rings is 1. The first kappa shape index (κ1) is 19.3. The third kappa shape index (κ3) is 5.03. The number of rotatable bonds is 5. The van der Waals surface area contributed by atoms with Gasteiger partial charge in [-0.2, -0.15) is 4.31 Å². The van der Waals surface area contributed by atoms with Gasteiger partial charge in [-0.25, -0.2) is 8.42 Å². The summed E-state index contributed by atoms with van der Waals surface area (Å²) in [6.07, 6.45) is 3.17. The summed E-state index contributed by atoms with van der Waals surface area (Å²) in [5, 5.41) is 2.74. The van der Waals surface area contributed by atoms with Crippen molar-refractivity contribution in [2.75, 3.05) is 38.5 Å². The van der Waals surface area contributed by atoms with E-state index in [1.165, 1.54) is 22.5 Å². The second-order valence-electron chi connectivity index (χ2n) is 6.47. The predicted molar refractivity (Wildman–Crippen MR) is 107 cm³/mol. The van der Waals surface area contributed by atoms with Crippen LogP contribution in [0.2, 0.25) is 0 Å². The molecule has 1 saturated heterocycles. The molecular formula is C20H23N3O3S. The highest BCUT2D eigenvalue weighted by atomic mass is 32.2. The summed E-state index contributed by atoms with van der Waals surface area (Å²) in [6.45, 7) is 2.42. The molecule has 2 aromatic carbocycles. The van der Waals surface area contributed by atoms with Gasteiger partial charge in [0.1, 0.15) is 0 Å². The van der Waals surface area contributed by atoms with Crippen molar-refractivity contribution in [2.45, 2.75) is 4.90 Å². The van der Waals surface area contributed by atoms with E-state index >= 15 is 0 Å². The Balaban J connectivity index is 1.63. The van der Waals surface area contributed by atoms with E-state index < -0.39 is 10.0 Å². The molecule has 6 nitrogen and oxygen atoms in total. The van der Waals surface area contributed by atoms with Gasteiger partial charge in [0.15, 0.2) is 0 Å². The summed E-state index contributed by atoms with van der Waals surface area (Å²) < 4.78 is 26.9. The van der Waals surface area contributed by atoms with E-state index in [0.29, 0.717) is 18.8 Å². The number of nitrogens with one attached hydrogen (secondary N) is 1. The molecule has 1 aliphatic rings. The van der Waals surface area contributed by atoms with Gasteiger partial charge in [-0.05, 0) is 43.0 Å². The summed E-state index contributed by atoms with van der Waals surface area (Å²) >= 11 is 0. The second kappa shape index (κ2) is 8.47. The molecule has 0 bridgehead atoms. The van der Waals surface area contributed by atoms with E-state index in [1.807, 2.05) is 37.4 Å². The van der Waals surface area contributed by atoms with Gasteiger partial charge in [0.05, 0.1) is 4.90 Å². The fourth-order valence-corrected chi connectivity index (χ4v) is 4.23. The van der Waals surface area contributed by atoms with Gasteiger partial charge in [-0.15, -0.1) is 0 Å². The molecule has 142 valence electrons. The van der Waals surface area contributed by atoms with Gasteiger partial charge in [-0.1, -0.05) is 30.3 Å². The quantitative estimate of drug-likeness (QED) is 0.802. The maximum Gasteiger partial charge on any atom is 0.248 e. The first-order valence-electron chi connectivity index (χ1n) is 8.78. The van der Waals surface area contributed by atoms with Crippen LogP contribution in [0.3, 0.4) is 0 Å². The molecule has 0 saturated carbocycles. The minimum Gasteiger partial charge on any atom is -0.323 e. The zero-order valence-corrected chi connectivity index (χ0v) is 16.0. The maximum absolute atomic E-state index is 12.7. The molecule has 1 heterocycles. The van der Waals surface area contributed by atoms with Gasteiger partial charge in [0.25, 0.3) is 0 Å². The first-order valence-corrected chi connectivity index (χ1v) is 10.2. The van der Waals surface area contributed by atoms with E-state index in [1.54, 1.807) is 18.2 Å². The maximum atomic E-state index is 12.7. The number of hydrogen-bond donors (Lipinski definition) is 1. The molecule has 0 radical (unpaired) electrons. The SMILES string of the molecule is CN1CCN(S(=O)(=O)c2ccc(NC(=O)/C=C/c3ccccc3)cc2)CC1. The lowest BCUT2D eigenvalue weighted by molar-refractivity contribution is -0.111. The van der Waals surface area contributed by atoms with Crippen LogP contribution >= 0.6 is 0 Å². The number of sulfonamides is 1. The van der Waals surface area contributed by atoms with Crippen LogP contribution in [0, 0.1) is 0 Å². The third-order valence-corrected chi connectivity index (χ3v) is 6.36. The van der Waals surface area contributed by atoms with Gasteiger partial charge < -0.3 is 10.2 Å². The van der Waals surface area contributed by atoms with Crippen LogP contribution < -0.4 is 5.32 Å². The molecule has 0 atom stereocenters. The molecule has 1 N–H and O–H groups in total. The molecule has 0 aromatic heterocycles. The third-order valence-electron chi connectivity index (χ3n) is 4.45. The van der Waals surface area contributed by atoms with Crippen LogP contribution in [-0.4, -0.2) is 56.8 Å². The van der Waals surface area contributed by atoms with Gasteiger partial charge in [-0.3, -0.25) is 4.79 Å². The lowest BCUT2D eigenvalue weighted by Gasteiger charge is -2.31. The number of benzene rings is 2. The molecule has 27 heavy (non-hydrogen) atoms. The largest absolute Gasteiger partial charge is 0.323 e.